The Morgan fingerprint density at radius 1 is 0.640 bits per heavy atom. The van der Waals surface area contributed by atoms with Crippen molar-refractivity contribution in [1.29, 1.82) is 0 Å². The van der Waals surface area contributed by atoms with Crippen molar-refractivity contribution in [1.82, 2.24) is 0 Å². The van der Waals surface area contributed by atoms with E-state index in [0.29, 0.717) is 0 Å². The van der Waals surface area contributed by atoms with Crippen LogP contribution >= 0.6 is 0 Å². The number of hydrogen-bond donors (Lipinski definition) is 0. The van der Waals surface area contributed by atoms with Crippen LogP contribution in [0, 0.1) is 13.8 Å². The Labute approximate surface area is 153 Å². The summed E-state index contributed by atoms with van der Waals surface area (Å²) in [6, 6.07) is 27.6. The highest BCUT2D eigenvalue weighted by Crippen LogP contribution is 2.27. The Morgan fingerprint density at radius 3 is 1.84 bits per heavy atom. The molecule has 0 nitrogen and oxygen atoms in total. The molecule has 0 fully saturated rings. The Hall–Kier alpha value is -2.34. The lowest BCUT2D eigenvalue weighted by atomic mass is 9.92. The van der Waals surface area contributed by atoms with Crippen LogP contribution in [-0.2, 0) is 6.42 Å². The summed E-state index contributed by atoms with van der Waals surface area (Å²) < 4.78 is 0. The maximum atomic E-state index is 2.26. The highest BCUT2D eigenvalue weighted by molar-refractivity contribution is 5.68. The van der Waals surface area contributed by atoms with Crippen molar-refractivity contribution in [3.8, 4) is 11.1 Å². The van der Waals surface area contributed by atoms with Gasteiger partial charge in [0.25, 0.3) is 0 Å². The molecule has 0 saturated heterocycles. The zero-order chi connectivity index (χ0) is 17.9. The number of benzene rings is 3. The van der Waals surface area contributed by atoms with Crippen molar-refractivity contribution in [3.05, 3.63) is 95.6 Å². The van der Waals surface area contributed by atoms with E-state index in [4.69, 9.17) is 0 Å². The van der Waals surface area contributed by atoms with Crippen molar-refractivity contribution >= 4 is 0 Å². The minimum Gasteiger partial charge on any atom is -0.0654 e. The summed E-state index contributed by atoms with van der Waals surface area (Å²) in [5.74, 6) is 0. The van der Waals surface area contributed by atoms with Crippen LogP contribution in [0.25, 0.3) is 11.1 Å². The summed E-state index contributed by atoms with van der Waals surface area (Å²) in [7, 11) is 0. The van der Waals surface area contributed by atoms with Gasteiger partial charge in [0.05, 0.1) is 0 Å². The first-order valence-electron chi connectivity index (χ1n) is 9.38. The fourth-order valence-corrected chi connectivity index (χ4v) is 3.01. The first-order chi connectivity index (χ1) is 12.2. The van der Waals surface area contributed by atoms with Gasteiger partial charge in [-0.25, -0.2) is 0 Å². The van der Waals surface area contributed by atoms with Crippen LogP contribution in [0.1, 0.15) is 42.9 Å². The average Bonchev–Trinajstić information content (AvgIpc) is 2.65. The Morgan fingerprint density at radius 2 is 1.28 bits per heavy atom. The molecule has 0 N–H and O–H groups in total. The Kier molecular flexibility index (Phi) is 7.98. The summed E-state index contributed by atoms with van der Waals surface area (Å²) in [5.41, 5.74) is 7.02. The topological polar surface area (TPSA) is 0 Å². The van der Waals surface area contributed by atoms with E-state index in [9.17, 15) is 0 Å². The van der Waals surface area contributed by atoms with Gasteiger partial charge in [-0.3, -0.25) is 0 Å². The normalized spacial score (nSPS) is 10.0. The molecule has 0 amide bonds. The molecular weight excluding hydrogens is 300 g/mol. The molecule has 0 heterocycles. The lowest BCUT2D eigenvalue weighted by Crippen LogP contribution is -1.94. The van der Waals surface area contributed by atoms with Gasteiger partial charge in [-0.1, -0.05) is 104 Å². The fourth-order valence-electron chi connectivity index (χ4n) is 3.01. The van der Waals surface area contributed by atoms with Crippen LogP contribution in [0.4, 0.5) is 0 Å². The second-order valence-corrected chi connectivity index (χ2v) is 6.58. The summed E-state index contributed by atoms with van der Waals surface area (Å²) >= 11 is 0. The summed E-state index contributed by atoms with van der Waals surface area (Å²) in [6.45, 7) is 6.57. The molecule has 0 aliphatic rings. The molecule has 0 heteroatoms. The van der Waals surface area contributed by atoms with E-state index in [-0.39, 0.29) is 0 Å². The fraction of sp³-hybridized carbons (Fsp3) is 0.280. The lowest BCUT2D eigenvalue weighted by molar-refractivity contribution is 0.716. The quantitative estimate of drug-likeness (QED) is 0.428. The second kappa shape index (κ2) is 10.5. The van der Waals surface area contributed by atoms with Crippen LogP contribution in [0.15, 0.2) is 78.9 Å². The monoisotopic (exact) mass is 330 g/mol. The lowest BCUT2D eigenvalue weighted by Gasteiger charge is -2.12. The predicted octanol–water partition coefficient (Wildman–Crippen LogP) is 7.39. The highest BCUT2D eigenvalue weighted by atomic mass is 14.1. The van der Waals surface area contributed by atoms with Gasteiger partial charge in [-0.05, 0) is 48.9 Å². The van der Waals surface area contributed by atoms with Crippen LogP contribution in [0.2, 0.25) is 0 Å². The molecule has 0 bridgehead atoms. The third-order valence-corrected chi connectivity index (χ3v) is 4.47. The SMILES string of the molecule is CCCCCc1c(C)cccc1-c1ccccc1.Cc1ccccc1. The third-order valence-electron chi connectivity index (χ3n) is 4.47. The van der Waals surface area contributed by atoms with Crippen molar-refractivity contribution in [2.24, 2.45) is 0 Å². The number of aryl methyl sites for hydroxylation is 2. The molecule has 0 atom stereocenters. The number of hydrogen-bond acceptors (Lipinski definition) is 0. The molecule has 3 rings (SSSR count). The van der Waals surface area contributed by atoms with E-state index in [0.717, 1.165) is 0 Å². The van der Waals surface area contributed by atoms with Crippen molar-refractivity contribution in [3.63, 3.8) is 0 Å². The predicted molar refractivity (Wildman–Crippen MR) is 111 cm³/mol. The van der Waals surface area contributed by atoms with E-state index >= 15 is 0 Å². The molecule has 0 saturated carbocycles. The first-order valence-corrected chi connectivity index (χ1v) is 9.38. The highest BCUT2D eigenvalue weighted by Gasteiger charge is 2.06. The molecule has 130 valence electrons. The maximum absolute atomic E-state index is 2.26. The molecule has 0 radical (unpaired) electrons. The number of unbranched alkanes of at least 4 members (excludes halogenated alkanes) is 2. The van der Waals surface area contributed by atoms with Crippen molar-refractivity contribution < 1.29 is 0 Å². The van der Waals surface area contributed by atoms with Gasteiger partial charge in [0, 0.05) is 0 Å². The second-order valence-electron chi connectivity index (χ2n) is 6.58. The van der Waals surface area contributed by atoms with Crippen LogP contribution < -0.4 is 0 Å². The van der Waals surface area contributed by atoms with Gasteiger partial charge >= 0.3 is 0 Å². The third kappa shape index (κ3) is 6.23. The molecule has 0 aliphatic carbocycles. The molecule has 3 aromatic carbocycles. The smallest absolute Gasteiger partial charge is 0.0149 e. The van der Waals surface area contributed by atoms with Gasteiger partial charge in [-0.15, -0.1) is 0 Å². The van der Waals surface area contributed by atoms with Crippen molar-refractivity contribution in [2.45, 2.75) is 46.5 Å². The molecule has 3 aromatic rings. The Bertz CT molecular complexity index is 727. The molecule has 0 aliphatic heterocycles. The van der Waals surface area contributed by atoms with Crippen molar-refractivity contribution in [2.75, 3.05) is 0 Å². The molecule has 0 unspecified atom stereocenters. The largest absolute Gasteiger partial charge is 0.0654 e. The van der Waals surface area contributed by atoms with Gasteiger partial charge in [0.2, 0.25) is 0 Å². The zero-order valence-electron chi connectivity index (χ0n) is 15.8. The molecule has 25 heavy (non-hydrogen) atoms. The molecular formula is C25H30. The van der Waals surface area contributed by atoms with E-state index in [1.54, 1.807) is 0 Å². The van der Waals surface area contributed by atoms with Crippen LogP contribution in [-0.4, -0.2) is 0 Å². The van der Waals surface area contributed by atoms with Gasteiger partial charge in [0.15, 0.2) is 0 Å². The number of rotatable bonds is 5. The first kappa shape index (κ1) is 19.0. The van der Waals surface area contributed by atoms with Crippen LogP contribution in [0.3, 0.4) is 0 Å². The van der Waals surface area contributed by atoms with Gasteiger partial charge < -0.3 is 0 Å². The van der Waals surface area contributed by atoms with E-state index in [2.05, 4.69) is 81.4 Å². The minimum atomic E-state index is 1.20. The maximum Gasteiger partial charge on any atom is -0.0149 e. The van der Waals surface area contributed by atoms with Gasteiger partial charge in [-0.2, -0.15) is 0 Å². The van der Waals surface area contributed by atoms with E-state index < -0.39 is 0 Å². The average molecular weight is 331 g/mol. The van der Waals surface area contributed by atoms with E-state index in [1.165, 1.54) is 53.5 Å². The van der Waals surface area contributed by atoms with E-state index in [1.807, 2.05) is 18.2 Å². The molecule has 0 aromatic heterocycles. The summed E-state index contributed by atoms with van der Waals surface area (Å²) in [4.78, 5) is 0. The summed E-state index contributed by atoms with van der Waals surface area (Å²) in [6.07, 6.45) is 5.10. The molecule has 0 spiro atoms. The standard InChI is InChI=1S/C18H22.C7H8/c1-3-4-6-13-17-15(2)10-9-14-18(17)16-11-7-5-8-12-16;1-7-5-3-2-4-6-7/h5,7-12,14H,3-4,6,13H2,1-2H3;2-6H,1H3. The zero-order valence-corrected chi connectivity index (χ0v) is 15.8. The summed E-state index contributed by atoms with van der Waals surface area (Å²) in [5, 5.41) is 0. The van der Waals surface area contributed by atoms with Crippen LogP contribution in [0.5, 0.6) is 0 Å². The minimum absolute atomic E-state index is 1.20. The van der Waals surface area contributed by atoms with Gasteiger partial charge in [0.1, 0.15) is 0 Å². The Balaban J connectivity index is 0.000000269.